The molecule has 134 valence electrons. The normalized spacial score (nSPS) is 12.1. The van der Waals surface area contributed by atoms with Crippen LogP contribution in [-0.2, 0) is 4.79 Å². The lowest BCUT2D eigenvalue weighted by Gasteiger charge is -2.17. The minimum Gasteiger partial charge on any atom is -0.492 e. The highest BCUT2D eigenvalue weighted by atomic mass is 79.9. The second-order valence-corrected chi connectivity index (χ2v) is 6.87. The van der Waals surface area contributed by atoms with E-state index in [4.69, 9.17) is 4.74 Å². The maximum atomic E-state index is 12.4. The average molecular weight is 398 g/mol. The first-order chi connectivity index (χ1) is 11.5. The SMILES string of the molecule is CCCC(Br)C(=O)c1ccc(NC(=O)C(CC)CC)c(OCC)c1. The number of carbonyl (C=O) groups excluding carboxylic acids is 2. The van der Waals surface area contributed by atoms with Crippen LogP contribution in [0.15, 0.2) is 18.2 Å². The van der Waals surface area contributed by atoms with Crippen LogP contribution in [0.4, 0.5) is 5.69 Å². The number of alkyl halides is 1. The third kappa shape index (κ3) is 5.62. The van der Waals surface area contributed by atoms with E-state index in [1.807, 2.05) is 27.7 Å². The minimum absolute atomic E-state index is 0.00983. The molecule has 4 nitrogen and oxygen atoms in total. The van der Waals surface area contributed by atoms with Crippen molar-refractivity contribution in [3.05, 3.63) is 23.8 Å². The van der Waals surface area contributed by atoms with Gasteiger partial charge in [-0.25, -0.2) is 0 Å². The zero-order chi connectivity index (χ0) is 18.1. The molecule has 0 fully saturated rings. The molecule has 1 amide bonds. The molecule has 1 unspecified atom stereocenters. The summed E-state index contributed by atoms with van der Waals surface area (Å²) in [5, 5.41) is 2.93. The van der Waals surface area contributed by atoms with Crippen LogP contribution in [-0.4, -0.2) is 23.1 Å². The minimum atomic E-state index is -0.193. The van der Waals surface area contributed by atoms with Crippen molar-refractivity contribution < 1.29 is 14.3 Å². The van der Waals surface area contributed by atoms with Crippen molar-refractivity contribution in [1.29, 1.82) is 0 Å². The number of hydrogen-bond donors (Lipinski definition) is 1. The summed E-state index contributed by atoms with van der Waals surface area (Å²) >= 11 is 3.44. The maximum absolute atomic E-state index is 12.4. The van der Waals surface area contributed by atoms with E-state index in [2.05, 4.69) is 21.2 Å². The number of carbonyl (C=O) groups is 2. The zero-order valence-corrected chi connectivity index (χ0v) is 16.6. The third-order valence-corrected chi connectivity index (χ3v) is 4.88. The van der Waals surface area contributed by atoms with Gasteiger partial charge in [-0.05, 0) is 44.4 Å². The number of ether oxygens (including phenoxy) is 1. The molecule has 1 aromatic carbocycles. The van der Waals surface area contributed by atoms with E-state index in [-0.39, 0.29) is 22.4 Å². The monoisotopic (exact) mass is 397 g/mol. The third-order valence-electron chi connectivity index (χ3n) is 4.01. The number of rotatable bonds is 10. The summed E-state index contributed by atoms with van der Waals surface area (Å²) in [6.07, 6.45) is 3.32. The molecule has 1 atom stereocenters. The largest absolute Gasteiger partial charge is 0.492 e. The van der Waals surface area contributed by atoms with Crippen LogP contribution in [0.25, 0.3) is 0 Å². The van der Waals surface area contributed by atoms with Gasteiger partial charge in [-0.2, -0.15) is 0 Å². The number of ketones is 1. The van der Waals surface area contributed by atoms with Crippen molar-refractivity contribution in [3.63, 3.8) is 0 Å². The molecule has 0 saturated heterocycles. The highest BCUT2D eigenvalue weighted by Crippen LogP contribution is 2.29. The lowest BCUT2D eigenvalue weighted by atomic mass is 10.0. The van der Waals surface area contributed by atoms with Gasteiger partial charge in [-0.1, -0.05) is 43.1 Å². The van der Waals surface area contributed by atoms with Crippen LogP contribution in [0.2, 0.25) is 0 Å². The van der Waals surface area contributed by atoms with E-state index in [1.54, 1.807) is 18.2 Å². The quantitative estimate of drug-likeness (QED) is 0.435. The van der Waals surface area contributed by atoms with Gasteiger partial charge in [-0.3, -0.25) is 9.59 Å². The van der Waals surface area contributed by atoms with E-state index in [0.717, 1.165) is 25.7 Å². The topological polar surface area (TPSA) is 55.4 Å². The molecule has 0 aliphatic rings. The van der Waals surface area contributed by atoms with Crippen molar-refractivity contribution in [2.45, 2.75) is 58.2 Å². The molecule has 0 aromatic heterocycles. The molecule has 0 saturated carbocycles. The summed E-state index contributed by atoms with van der Waals surface area (Å²) in [4.78, 5) is 24.5. The Labute approximate surface area is 153 Å². The molecule has 1 rings (SSSR count). The van der Waals surface area contributed by atoms with Gasteiger partial charge in [0.1, 0.15) is 5.75 Å². The fourth-order valence-corrected chi connectivity index (χ4v) is 3.24. The standard InChI is InChI=1S/C19H28BrNO3/c1-5-9-15(20)18(22)14-10-11-16(17(12-14)24-8-4)21-19(23)13(6-2)7-3/h10-13,15H,5-9H2,1-4H3,(H,21,23). The van der Waals surface area contributed by atoms with Crippen molar-refractivity contribution in [2.75, 3.05) is 11.9 Å². The lowest BCUT2D eigenvalue weighted by Crippen LogP contribution is -2.22. The number of hydrogen-bond acceptors (Lipinski definition) is 3. The Morgan fingerprint density at radius 2 is 1.83 bits per heavy atom. The summed E-state index contributed by atoms with van der Waals surface area (Å²) < 4.78 is 5.63. The second-order valence-electron chi connectivity index (χ2n) is 5.77. The average Bonchev–Trinajstić information content (AvgIpc) is 2.57. The Balaban J connectivity index is 3.02. The highest BCUT2D eigenvalue weighted by Gasteiger charge is 2.20. The number of benzene rings is 1. The molecule has 5 heteroatoms. The molecular formula is C19H28BrNO3. The first-order valence-corrected chi connectivity index (χ1v) is 9.65. The van der Waals surface area contributed by atoms with E-state index < -0.39 is 0 Å². The predicted octanol–water partition coefficient (Wildman–Crippen LogP) is 5.21. The van der Waals surface area contributed by atoms with E-state index >= 15 is 0 Å². The molecule has 0 aliphatic heterocycles. The Hall–Kier alpha value is -1.36. The summed E-state index contributed by atoms with van der Waals surface area (Å²) in [5.41, 5.74) is 1.21. The van der Waals surface area contributed by atoms with Gasteiger partial charge in [0.15, 0.2) is 5.78 Å². The van der Waals surface area contributed by atoms with E-state index in [1.165, 1.54) is 0 Å². The molecule has 0 radical (unpaired) electrons. The summed E-state index contributed by atoms with van der Waals surface area (Å²) in [7, 11) is 0. The molecule has 24 heavy (non-hydrogen) atoms. The molecule has 1 aromatic rings. The van der Waals surface area contributed by atoms with Crippen LogP contribution in [0.5, 0.6) is 5.75 Å². The summed E-state index contributed by atoms with van der Waals surface area (Å²) in [5.74, 6) is 0.552. The second kappa shape index (κ2) is 10.5. The fraction of sp³-hybridized carbons (Fsp3) is 0.579. The molecule has 0 aliphatic carbocycles. The first-order valence-electron chi connectivity index (χ1n) is 8.74. The van der Waals surface area contributed by atoms with Crippen LogP contribution in [0.1, 0.15) is 63.7 Å². The number of amides is 1. The first kappa shape index (κ1) is 20.7. The molecule has 0 heterocycles. The Morgan fingerprint density at radius 3 is 2.38 bits per heavy atom. The van der Waals surface area contributed by atoms with Crippen molar-refractivity contribution in [2.24, 2.45) is 5.92 Å². The maximum Gasteiger partial charge on any atom is 0.227 e. The lowest BCUT2D eigenvalue weighted by molar-refractivity contribution is -0.120. The summed E-state index contributed by atoms with van der Waals surface area (Å²) in [6, 6.07) is 5.22. The molecule has 0 spiro atoms. The van der Waals surface area contributed by atoms with E-state index in [0.29, 0.717) is 23.6 Å². The number of halogens is 1. The van der Waals surface area contributed by atoms with Gasteiger partial charge in [0.05, 0.1) is 17.1 Å². The predicted molar refractivity (Wildman–Crippen MR) is 102 cm³/mol. The van der Waals surface area contributed by atoms with Crippen molar-refractivity contribution in [3.8, 4) is 5.75 Å². The fourth-order valence-electron chi connectivity index (χ4n) is 2.51. The molecule has 0 bridgehead atoms. The number of Topliss-reactive ketones (excluding diaryl/α,β-unsaturated/α-hetero) is 1. The smallest absolute Gasteiger partial charge is 0.227 e. The molecular weight excluding hydrogens is 370 g/mol. The Bertz CT molecular complexity index is 556. The number of nitrogens with one attached hydrogen (secondary N) is 1. The van der Waals surface area contributed by atoms with Crippen LogP contribution in [0.3, 0.4) is 0 Å². The van der Waals surface area contributed by atoms with Crippen LogP contribution >= 0.6 is 15.9 Å². The highest BCUT2D eigenvalue weighted by molar-refractivity contribution is 9.10. The van der Waals surface area contributed by atoms with Crippen LogP contribution in [0, 0.1) is 5.92 Å². The Morgan fingerprint density at radius 1 is 1.17 bits per heavy atom. The van der Waals surface area contributed by atoms with Crippen molar-refractivity contribution >= 4 is 33.3 Å². The van der Waals surface area contributed by atoms with Gasteiger partial charge in [0.25, 0.3) is 0 Å². The summed E-state index contributed by atoms with van der Waals surface area (Å²) in [6.45, 7) is 8.40. The van der Waals surface area contributed by atoms with Gasteiger partial charge < -0.3 is 10.1 Å². The zero-order valence-electron chi connectivity index (χ0n) is 15.0. The van der Waals surface area contributed by atoms with Gasteiger partial charge in [-0.15, -0.1) is 0 Å². The van der Waals surface area contributed by atoms with Gasteiger partial charge >= 0.3 is 0 Å². The van der Waals surface area contributed by atoms with Gasteiger partial charge in [0, 0.05) is 11.5 Å². The number of anilines is 1. The van der Waals surface area contributed by atoms with E-state index in [9.17, 15) is 9.59 Å². The van der Waals surface area contributed by atoms with Gasteiger partial charge in [0.2, 0.25) is 5.91 Å². The molecule has 1 N–H and O–H groups in total. The Kier molecular flexibility index (Phi) is 9.04. The van der Waals surface area contributed by atoms with Crippen molar-refractivity contribution in [1.82, 2.24) is 0 Å². The van der Waals surface area contributed by atoms with Crippen LogP contribution < -0.4 is 10.1 Å².